The van der Waals surface area contributed by atoms with Gasteiger partial charge in [-0.1, -0.05) is 0 Å². The number of phosphoric ester groups is 1. The number of H-pyrrole nitrogens is 1. The first kappa shape index (κ1) is 31.9. The molecule has 2 aliphatic heterocycles. The van der Waals surface area contributed by atoms with Gasteiger partial charge in [0.25, 0.3) is 5.56 Å². The minimum absolute atomic E-state index is 0.0692. The summed E-state index contributed by atoms with van der Waals surface area (Å²) in [7, 11) is -5.20. The molecule has 5 rings (SSSR count). The van der Waals surface area contributed by atoms with Gasteiger partial charge in [0.1, 0.15) is 48.5 Å². The van der Waals surface area contributed by atoms with Crippen molar-refractivity contribution in [3.8, 4) is 0 Å². The van der Waals surface area contributed by atoms with Crippen molar-refractivity contribution in [2.45, 2.75) is 49.1 Å². The Morgan fingerprint density at radius 1 is 0.953 bits per heavy atom. The fourth-order valence-electron chi connectivity index (χ4n) is 4.39. The van der Waals surface area contributed by atoms with Gasteiger partial charge in [0, 0.05) is 12.3 Å². The Kier molecular flexibility index (Phi) is 8.97. The number of aliphatic hydroxyl groups is 4. The number of phosphoric acid groups is 1. The molecule has 10 atom stereocenters. The Morgan fingerprint density at radius 2 is 1.56 bits per heavy atom. The second-order valence-electron chi connectivity index (χ2n) is 9.30. The molecule has 43 heavy (non-hydrogen) atoms. The van der Waals surface area contributed by atoms with Crippen LogP contribution in [0.5, 0.6) is 0 Å². The van der Waals surface area contributed by atoms with E-state index in [1.54, 1.807) is 0 Å². The highest BCUT2D eigenvalue weighted by Crippen LogP contribution is 2.61. The van der Waals surface area contributed by atoms with Crippen LogP contribution in [0.25, 0.3) is 11.2 Å². The molecule has 0 aliphatic carbocycles. The topological polar surface area (TPSA) is 309 Å². The van der Waals surface area contributed by atoms with Gasteiger partial charge in [-0.15, -0.1) is 0 Å². The first-order valence-corrected chi connectivity index (χ1v) is 16.2. The van der Waals surface area contributed by atoms with Crippen LogP contribution in [0.15, 0.2) is 34.5 Å². The van der Waals surface area contributed by atoms with Crippen LogP contribution in [0.2, 0.25) is 0 Å². The number of aromatic amines is 1. The lowest BCUT2D eigenvalue weighted by atomic mass is 10.1. The number of aliphatic hydroxyl groups excluding tert-OH is 4. The number of rotatable bonds is 10. The van der Waals surface area contributed by atoms with Crippen molar-refractivity contribution in [3.63, 3.8) is 0 Å². The smallest absolute Gasteiger partial charge is 0.387 e. The van der Waals surface area contributed by atoms with E-state index in [0.29, 0.717) is 0 Å². The molecule has 236 valence electrons. The number of hydrogen-bond donors (Lipinski definition) is 8. The molecule has 5 heterocycles. The molecule has 0 radical (unpaired) electrons. The number of nitrogen functional groups attached to an aromatic ring is 1. The van der Waals surface area contributed by atoms with Crippen molar-refractivity contribution >= 4 is 43.3 Å². The molecule has 0 spiro atoms. The normalized spacial score (nSPS) is 32.1. The van der Waals surface area contributed by atoms with E-state index in [1.165, 1.54) is 10.9 Å². The van der Waals surface area contributed by atoms with E-state index in [1.807, 2.05) is 4.98 Å². The zero-order valence-electron chi connectivity index (χ0n) is 21.4. The molecule has 0 aromatic carbocycles. The Morgan fingerprint density at radius 3 is 2.19 bits per heavy atom. The number of nitrogens with one attached hydrogen (secondary N) is 1. The van der Waals surface area contributed by atoms with Gasteiger partial charge >= 0.3 is 20.2 Å². The highest BCUT2D eigenvalue weighted by atomic mass is 32.5. The Balaban J connectivity index is 1.16. The first-order valence-electron chi connectivity index (χ1n) is 12.1. The third-order valence-electron chi connectivity index (χ3n) is 6.47. The predicted octanol–water partition coefficient (Wildman–Crippen LogP) is -3.44. The zero-order chi connectivity index (χ0) is 31.3. The number of nitrogens with two attached hydrogens (primary N) is 1. The SMILES string of the molecule is Nc1ncnc2c1ncn2[C@@H]1O[C@H](COP(O)(=S)OP(=O)(O)OC[C@H]2O[C@@H](n3ccc(=O)[nH]c3=O)[C@H](O)[C@@H]2O)[C@@H](O)[C@H]1O. The van der Waals surface area contributed by atoms with E-state index in [2.05, 4.69) is 19.3 Å². The zero-order valence-corrected chi connectivity index (χ0v) is 24.0. The molecule has 21 nitrogen and oxygen atoms in total. The van der Waals surface area contributed by atoms with Crippen LogP contribution >= 0.6 is 14.5 Å². The number of fused-ring (bicyclic) bond motifs is 1. The maximum Gasteiger partial charge on any atom is 0.479 e. The molecule has 0 bridgehead atoms. The number of anilines is 1. The Labute approximate surface area is 243 Å². The molecule has 2 unspecified atom stereocenters. The summed E-state index contributed by atoms with van der Waals surface area (Å²) in [5.74, 6) is 0.0692. The summed E-state index contributed by atoms with van der Waals surface area (Å²) < 4.78 is 39.9. The lowest BCUT2D eigenvalue weighted by molar-refractivity contribution is -0.0549. The highest BCUT2D eigenvalue weighted by molar-refractivity contribution is 8.08. The first-order chi connectivity index (χ1) is 20.2. The molecule has 9 N–H and O–H groups in total. The number of hydrogen-bond acceptors (Lipinski definition) is 17. The molecule has 2 saturated heterocycles. The van der Waals surface area contributed by atoms with Crippen LogP contribution in [0.3, 0.4) is 0 Å². The summed E-state index contributed by atoms with van der Waals surface area (Å²) >= 11 is 4.76. The van der Waals surface area contributed by atoms with Crippen LogP contribution in [0.4, 0.5) is 5.82 Å². The fourth-order valence-corrected chi connectivity index (χ4v) is 7.42. The van der Waals surface area contributed by atoms with Crippen molar-refractivity contribution in [1.29, 1.82) is 0 Å². The van der Waals surface area contributed by atoms with E-state index < -0.39 is 88.1 Å². The van der Waals surface area contributed by atoms with Gasteiger partial charge in [0.15, 0.2) is 23.9 Å². The largest absolute Gasteiger partial charge is 0.479 e. The quantitative estimate of drug-likeness (QED) is 0.0974. The lowest BCUT2D eigenvalue weighted by Gasteiger charge is -2.22. The summed E-state index contributed by atoms with van der Waals surface area (Å²) in [6, 6.07) is 0.971. The monoisotopic (exact) mass is 669 g/mol. The van der Waals surface area contributed by atoms with Gasteiger partial charge in [0.2, 0.25) is 0 Å². The summed E-state index contributed by atoms with van der Waals surface area (Å²) in [6.45, 7) is -6.16. The molecule has 3 aromatic heterocycles. The van der Waals surface area contributed by atoms with Crippen LogP contribution in [-0.4, -0.2) is 109 Å². The molecule has 0 saturated carbocycles. The fraction of sp³-hybridized carbons (Fsp3) is 0.526. The van der Waals surface area contributed by atoms with Crippen molar-refractivity contribution in [3.05, 3.63) is 45.8 Å². The van der Waals surface area contributed by atoms with Crippen LogP contribution in [0.1, 0.15) is 12.5 Å². The van der Waals surface area contributed by atoms with Crippen LogP contribution < -0.4 is 17.0 Å². The van der Waals surface area contributed by atoms with Crippen molar-refractivity contribution in [2.24, 2.45) is 0 Å². The van der Waals surface area contributed by atoms with E-state index in [0.717, 1.165) is 23.2 Å². The second kappa shape index (κ2) is 12.1. The maximum absolute atomic E-state index is 12.5. The molecule has 2 fully saturated rings. The van der Waals surface area contributed by atoms with E-state index in [4.69, 9.17) is 36.1 Å². The van der Waals surface area contributed by atoms with Crippen molar-refractivity contribution in [2.75, 3.05) is 18.9 Å². The van der Waals surface area contributed by atoms with Gasteiger partial charge in [-0.2, -0.15) is 0 Å². The third-order valence-corrected chi connectivity index (χ3v) is 9.99. The van der Waals surface area contributed by atoms with E-state index in [-0.39, 0.29) is 17.0 Å². The van der Waals surface area contributed by atoms with Gasteiger partial charge in [-0.05, 0) is 11.8 Å². The lowest BCUT2D eigenvalue weighted by Crippen LogP contribution is -2.37. The molecule has 2 aliphatic rings. The molecular formula is C19H25N7O14P2S. The van der Waals surface area contributed by atoms with Gasteiger partial charge in [-0.3, -0.25) is 23.4 Å². The summed E-state index contributed by atoms with van der Waals surface area (Å²) in [5, 5.41) is 41.5. The van der Waals surface area contributed by atoms with Gasteiger partial charge in [0.05, 0.1) is 19.5 Å². The Bertz CT molecular complexity index is 1700. The highest BCUT2D eigenvalue weighted by Gasteiger charge is 2.47. The van der Waals surface area contributed by atoms with Crippen LogP contribution in [-0.2, 0) is 39.2 Å². The van der Waals surface area contributed by atoms with Crippen molar-refractivity contribution < 1.29 is 57.6 Å². The van der Waals surface area contributed by atoms with E-state index in [9.17, 15) is 44.4 Å². The molecule has 24 heteroatoms. The minimum Gasteiger partial charge on any atom is -0.387 e. The summed E-state index contributed by atoms with van der Waals surface area (Å²) in [4.78, 5) is 57.5. The van der Waals surface area contributed by atoms with Gasteiger partial charge < -0.3 is 49.9 Å². The average Bonchev–Trinajstić information content (AvgIpc) is 3.57. The number of imidazole rings is 1. The summed E-state index contributed by atoms with van der Waals surface area (Å²) in [5.41, 5.74) is 4.50. The molecule has 3 aromatic rings. The molecular weight excluding hydrogens is 644 g/mol. The Hall–Kier alpha value is -2.53. The van der Waals surface area contributed by atoms with Crippen LogP contribution in [0, 0.1) is 0 Å². The van der Waals surface area contributed by atoms with Crippen molar-refractivity contribution in [1.82, 2.24) is 29.1 Å². The van der Waals surface area contributed by atoms with E-state index >= 15 is 0 Å². The minimum atomic E-state index is -5.20. The predicted molar refractivity (Wildman–Crippen MR) is 142 cm³/mol. The maximum atomic E-state index is 12.5. The average molecular weight is 669 g/mol. The molecule has 0 amide bonds. The van der Waals surface area contributed by atoms with Gasteiger partial charge in [-0.25, -0.2) is 28.6 Å². The summed E-state index contributed by atoms with van der Waals surface area (Å²) in [6.07, 6.45) is -8.60. The second-order valence-corrected chi connectivity index (χ2v) is 13.7. The number of ether oxygens (including phenoxy) is 2. The standard InChI is InChI=1S/C19H25N7O14P2S/c20-15-10-16(22-5-21-15)26(6-23-10)18-14(31)12(29)8(39-18)4-37-42(35,43)40-41(33,34)36-3-7-11(28)13(30)17(38-7)25-2-1-9(27)24-19(25)32/h1-2,5-8,11-14,17-18,28-31H,3-4H2,(H,33,34)(H,35,43)(H2,20,21,22)(H,24,27,32)/t7-,8-,11-,12-,13-,14-,17-,18-,42?/m1/s1. The number of nitrogens with zero attached hydrogens (tertiary/aromatic N) is 5. The third kappa shape index (κ3) is 6.62. The number of aromatic nitrogens is 6.